The lowest BCUT2D eigenvalue weighted by Crippen LogP contribution is -2.17. The molecule has 0 saturated carbocycles. The number of pyridine rings is 1. The zero-order chi connectivity index (χ0) is 13.2. The van der Waals surface area contributed by atoms with Gasteiger partial charge in [0.15, 0.2) is 9.84 Å². The van der Waals surface area contributed by atoms with Gasteiger partial charge in [-0.1, -0.05) is 0 Å². The van der Waals surface area contributed by atoms with Gasteiger partial charge in [0.2, 0.25) is 5.91 Å². The molecule has 1 amide bonds. The summed E-state index contributed by atoms with van der Waals surface area (Å²) in [7, 11) is -2.92. The van der Waals surface area contributed by atoms with Crippen molar-refractivity contribution < 1.29 is 13.2 Å². The van der Waals surface area contributed by atoms with Crippen molar-refractivity contribution in [1.82, 2.24) is 4.98 Å². The minimum Gasteiger partial charge on any atom is -0.311 e. The van der Waals surface area contributed by atoms with E-state index in [4.69, 9.17) is 0 Å². The molecule has 1 unspecified atom stereocenters. The average Bonchev–Trinajstić information content (AvgIpc) is 2.61. The lowest BCUT2D eigenvalue weighted by molar-refractivity contribution is -0.116. The van der Waals surface area contributed by atoms with Crippen LogP contribution in [-0.2, 0) is 14.6 Å². The van der Waals surface area contributed by atoms with Gasteiger partial charge in [-0.15, -0.1) is 0 Å². The summed E-state index contributed by atoms with van der Waals surface area (Å²) in [5.41, 5.74) is 0. The third-order valence-electron chi connectivity index (χ3n) is 2.80. The second-order valence-corrected chi connectivity index (χ2v) is 7.53. The SMILES string of the molecule is O=C(CC1CCS(=O)(=O)C1)Nc1ccc(Br)cn1. The van der Waals surface area contributed by atoms with Crippen LogP contribution in [0.1, 0.15) is 12.8 Å². The first-order valence-corrected chi connectivity index (χ1v) is 8.18. The Bertz CT molecular complexity index is 542. The Hall–Kier alpha value is -0.950. The van der Waals surface area contributed by atoms with E-state index in [0.29, 0.717) is 12.2 Å². The first kappa shape index (κ1) is 13.5. The highest BCUT2D eigenvalue weighted by Gasteiger charge is 2.29. The number of amides is 1. The monoisotopic (exact) mass is 332 g/mol. The summed E-state index contributed by atoms with van der Waals surface area (Å²) >= 11 is 3.25. The standard InChI is InChI=1S/C11H13BrN2O3S/c12-9-1-2-10(13-6-9)14-11(15)5-8-3-4-18(16,17)7-8/h1-2,6,8H,3-5,7H2,(H,13,14,15). The Balaban J connectivity index is 1.88. The normalized spacial score (nSPS) is 21.7. The summed E-state index contributed by atoms with van der Waals surface area (Å²) in [6.45, 7) is 0. The fraction of sp³-hybridized carbons (Fsp3) is 0.455. The Labute approximate surface area is 114 Å². The molecule has 18 heavy (non-hydrogen) atoms. The lowest BCUT2D eigenvalue weighted by atomic mass is 10.1. The molecule has 1 aliphatic rings. The van der Waals surface area contributed by atoms with E-state index in [1.807, 2.05) is 0 Å². The molecule has 5 nitrogen and oxygen atoms in total. The fourth-order valence-electron chi connectivity index (χ4n) is 1.94. The molecule has 1 aliphatic heterocycles. The molecule has 2 rings (SSSR count). The molecule has 1 N–H and O–H groups in total. The highest BCUT2D eigenvalue weighted by molar-refractivity contribution is 9.10. The summed E-state index contributed by atoms with van der Waals surface area (Å²) in [6.07, 6.45) is 2.40. The number of rotatable bonds is 3. The van der Waals surface area contributed by atoms with Crippen LogP contribution < -0.4 is 5.32 Å². The van der Waals surface area contributed by atoms with E-state index < -0.39 is 9.84 Å². The third-order valence-corrected chi connectivity index (χ3v) is 5.10. The maximum atomic E-state index is 11.7. The van der Waals surface area contributed by atoms with Crippen LogP contribution in [0.15, 0.2) is 22.8 Å². The van der Waals surface area contributed by atoms with Gasteiger partial charge in [-0.25, -0.2) is 13.4 Å². The van der Waals surface area contributed by atoms with Gasteiger partial charge < -0.3 is 5.32 Å². The van der Waals surface area contributed by atoms with Crippen molar-refractivity contribution in [2.75, 3.05) is 16.8 Å². The lowest BCUT2D eigenvalue weighted by Gasteiger charge is -2.08. The molecule has 1 aromatic rings. The molecule has 1 aromatic heterocycles. The molecule has 2 heterocycles. The number of hydrogen-bond donors (Lipinski definition) is 1. The van der Waals surface area contributed by atoms with E-state index in [1.54, 1.807) is 18.3 Å². The van der Waals surface area contributed by atoms with Crippen LogP contribution in [0.3, 0.4) is 0 Å². The van der Waals surface area contributed by atoms with Crippen LogP contribution in [0.25, 0.3) is 0 Å². The van der Waals surface area contributed by atoms with Gasteiger partial charge in [0.1, 0.15) is 5.82 Å². The Morgan fingerprint density at radius 1 is 1.50 bits per heavy atom. The molecule has 98 valence electrons. The number of halogens is 1. The van der Waals surface area contributed by atoms with E-state index in [2.05, 4.69) is 26.2 Å². The van der Waals surface area contributed by atoms with Crippen molar-refractivity contribution in [2.24, 2.45) is 5.92 Å². The average molecular weight is 333 g/mol. The number of hydrogen-bond acceptors (Lipinski definition) is 4. The Morgan fingerprint density at radius 3 is 2.83 bits per heavy atom. The first-order chi connectivity index (χ1) is 8.44. The molecule has 0 aromatic carbocycles. The van der Waals surface area contributed by atoms with Gasteiger partial charge in [-0.05, 0) is 40.4 Å². The van der Waals surface area contributed by atoms with Crippen molar-refractivity contribution in [2.45, 2.75) is 12.8 Å². The molecule has 7 heteroatoms. The predicted molar refractivity (Wildman–Crippen MR) is 71.9 cm³/mol. The van der Waals surface area contributed by atoms with Gasteiger partial charge in [0.05, 0.1) is 11.5 Å². The summed E-state index contributed by atoms with van der Waals surface area (Å²) in [5, 5.41) is 2.66. The summed E-state index contributed by atoms with van der Waals surface area (Å²) in [6, 6.07) is 3.47. The molecular weight excluding hydrogens is 320 g/mol. The largest absolute Gasteiger partial charge is 0.311 e. The third kappa shape index (κ3) is 3.78. The molecule has 0 bridgehead atoms. The van der Waals surface area contributed by atoms with Gasteiger partial charge in [-0.3, -0.25) is 4.79 Å². The van der Waals surface area contributed by atoms with Crippen LogP contribution in [0, 0.1) is 5.92 Å². The number of aromatic nitrogens is 1. The second-order valence-electron chi connectivity index (χ2n) is 4.38. The zero-order valence-electron chi connectivity index (χ0n) is 9.60. The minimum absolute atomic E-state index is 0.0644. The summed E-state index contributed by atoms with van der Waals surface area (Å²) in [4.78, 5) is 15.7. The van der Waals surface area contributed by atoms with E-state index in [9.17, 15) is 13.2 Å². The highest BCUT2D eigenvalue weighted by atomic mass is 79.9. The zero-order valence-corrected chi connectivity index (χ0v) is 12.0. The molecule has 0 aliphatic carbocycles. The van der Waals surface area contributed by atoms with Crippen LogP contribution in [0.2, 0.25) is 0 Å². The molecular formula is C11H13BrN2O3S. The van der Waals surface area contributed by atoms with E-state index in [1.165, 1.54) is 0 Å². The van der Waals surface area contributed by atoms with Crippen LogP contribution >= 0.6 is 15.9 Å². The number of carbonyl (C=O) groups excluding carboxylic acids is 1. The van der Waals surface area contributed by atoms with Crippen molar-refractivity contribution in [1.29, 1.82) is 0 Å². The minimum atomic E-state index is -2.92. The molecule has 1 saturated heterocycles. The van der Waals surface area contributed by atoms with Crippen LogP contribution in [0.5, 0.6) is 0 Å². The van der Waals surface area contributed by atoms with Gasteiger partial charge in [0.25, 0.3) is 0 Å². The molecule has 1 atom stereocenters. The van der Waals surface area contributed by atoms with E-state index in [0.717, 1.165) is 4.47 Å². The predicted octanol–water partition coefficient (Wildman–Crippen LogP) is 1.61. The van der Waals surface area contributed by atoms with Crippen molar-refractivity contribution in [3.63, 3.8) is 0 Å². The molecule has 1 fully saturated rings. The first-order valence-electron chi connectivity index (χ1n) is 5.56. The van der Waals surface area contributed by atoms with Gasteiger partial charge in [0, 0.05) is 17.1 Å². The molecule has 0 spiro atoms. The fourth-order valence-corrected chi connectivity index (χ4v) is 4.04. The van der Waals surface area contributed by atoms with Crippen LogP contribution in [-0.4, -0.2) is 30.8 Å². The Morgan fingerprint density at radius 2 is 2.28 bits per heavy atom. The van der Waals surface area contributed by atoms with E-state index >= 15 is 0 Å². The maximum Gasteiger partial charge on any atom is 0.225 e. The van der Waals surface area contributed by atoms with Crippen LogP contribution in [0.4, 0.5) is 5.82 Å². The number of nitrogens with zero attached hydrogens (tertiary/aromatic N) is 1. The number of nitrogens with one attached hydrogen (secondary N) is 1. The smallest absolute Gasteiger partial charge is 0.225 e. The van der Waals surface area contributed by atoms with Gasteiger partial charge in [-0.2, -0.15) is 0 Å². The number of anilines is 1. The second kappa shape index (κ2) is 5.36. The number of carbonyl (C=O) groups is 1. The number of sulfone groups is 1. The highest BCUT2D eigenvalue weighted by Crippen LogP contribution is 2.22. The van der Waals surface area contributed by atoms with Crippen molar-refractivity contribution in [3.8, 4) is 0 Å². The maximum absolute atomic E-state index is 11.7. The quantitative estimate of drug-likeness (QED) is 0.912. The van der Waals surface area contributed by atoms with E-state index in [-0.39, 0.29) is 29.8 Å². The summed E-state index contributed by atoms with van der Waals surface area (Å²) < 4.78 is 23.4. The van der Waals surface area contributed by atoms with Gasteiger partial charge >= 0.3 is 0 Å². The van der Waals surface area contributed by atoms with Crippen molar-refractivity contribution in [3.05, 3.63) is 22.8 Å². The molecule has 0 radical (unpaired) electrons. The summed E-state index contributed by atoms with van der Waals surface area (Å²) in [5.74, 6) is 0.539. The Kier molecular flexibility index (Phi) is 4.01. The van der Waals surface area contributed by atoms with Crippen molar-refractivity contribution >= 4 is 37.5 Å². The topological polar surface area (TPSA) is 76.1 Å².